The molecule has 0 spiro atoms. The third-order valence-corrected chi connectivity index (χ3v) is 3.52. The number of aliphatic hydroxyl groups is 2. The molecule has 0 aromatic carbocycles. The van der Waals surface area contributed by atoms with Crippen molar-refractivity contribution in [2.45, 2.75) is 30.6 Å². The lowest BCUT2D eigenvalue weighted by Gasteiger charge is -2.23. The Morgan fingerprint density at radius 1 is 0.815 bits per heavy atom. The Bertz CT molecular complexity index is 574. The number of carboxylic acids is 2. The second-order valence-electron chi connectivity index (χ2n) is 5.27. The predicted octanol–water partition coefficient (Wildman–Crippen LogP) is -4.76. The van der Waals surface area contributed by atoms with Gasteiger partial charge in [0.25, 0.3) is 0 Å². The van der Waals surface area contributed by atoms with Crippen molar-refractivity contribution >= 4 is 42.3 Å². The van der Waals surface area contributed by atoms with Crippen LogP contribution in [0.5, 0.6) is 0 Å². The van der Waals surface area contributed by atoms with Crippen LogP contribution >= 0.6 is 12.6 Å². The summed E-state index contributed by atoms with van der Waals surface area (Å²) in [4.78, 5) is 57.6. The minimum absolute atomic E-state index is 0.289. The smallest absolute Gasteiger partial charge is 0.327 e. The maximum atomic E-state index is 12.1. The number of hydrogen-bond donors (Lipinski definition) is 9. The highest BCUT2D eigenvalue weighted by Gasteiger charge is 2.31. The monoisotopic (exact) mass is 410 g/mol. The minimum Gasteiger partial charge on any atom is -0.481 e. The molecular formula is C13H22N4O9S. The van der Waals surface area contributed by atoms with Crippen LogP contribution in [0.1, 0.15) is 6.42 Å². The molecule has 0 radical (unpaired) electrons. The molecule has 0 bridgehead atoms. The van der Waals surface area contributed by atoms with Gasteiger partial charge in [-0.15, -0.1) is 0 Å². The van der Waals surface area contributed by atoms with E-state index in [0.717, 1.165) is 0 Å². The Morgan fingerprint density at radius 2 is 1.30 bits per heavy atom. The highest BCUT2D eigenvalue weighted by molar-refractivity contribution is 7.80. The van der Waals surface area contributed by atoms with Gasteiger partial charge in [-0.05, 0) is 0 Å². The Hall–Kier alpha value is -2.42. The van der Waals surface area contributed by atoms with Gasteiger partial charge in [0, 0.05) is 5.75 Å². The van der Waals surface area contributed by atoms with Gasteiger partial charge in [-0.2, -0.15) is 12.6 Å². The number of hydrogen-bond acceptors (Lipinski definition) is 9. The van der Waals surface area contributed by atoms with E-state index in [2.05, 4.69) is 12.6 Å². The molecule has 0 fully saturated rings. The highest BCUT2D eigenvalue weighted by atomic mass is 32.1. The van der Waals surface area contributed by atoms with E-state index >= 15 is 0 Å². The number of aliphatic carboxylic acids is 2. The van der Waals surface area contributed by atoms with Gasteiger partial charge in [0.1, 0.15) is 24.2 Å². The fourth-order valence-electron chi connectivity index (χ4n) is 1.67. The normalized spacial score (nSPS) is 15.0. The topological polar surface area (TPSA) is 228 Å². The quantitative estimate of drug-likeness (QED) is 0.139. The number of nitrogens with two attached hydrogens (primary N) is 1. The molecule has 0 aromatic heterocycles. The molecule has 0 aliphatic carbocycles. The van der Waals surface area contributed by atoms with Crippen molar-refractivity contribution in [2.75, 3.05) is 19.0 Å². The van der Waals surface area contributed by atoms with Gasteiger partial charge >= 0.3 is 11.9 Å². The molecule has 0 aliphatic heterocycles. The van der Waals surface area contributed by atoms with E-state index in [-0.39, 0.29) is 5.75 Å². The van der Waals surface area contributed by atoms with Crippen LogP contribution in [0.15, 0.2) is 0 Å². The van der Waals surface area contributed by atoms with E-state index in [4.69, 9.17) is 21.1 Å². The summed E-state index contributed by atoms with van der Waals surface area (Å²) in [6, 6.07) is -6.06. The first-order valence-electron chi connectivity index (χ1n) is 7.51. The van der Waals surface area contributed by atoms with E-state index < -0.39 is 73.5 Å². The molecule has 4 unspecified atom stereocenters. The third-order valence-electron chi connectivity index (χ3n) is 3.16. The van der Waals surface area contributed by atoms with Gasteiger partial charge in [-0.3, -0.25) is 19.2 Å². The van der Waals surface area contributed by atoms with Crippen LogP contribution in [0.3, 0.4) is 0 Å². The van der Waals surface area contributed by atoms with Crippen molar-refractivity contribution in [2.24, 2.45) is 5.73 Å². The van der Waals surface area contributed by atoms with Crippen LogP contribution in [0.2, 0.25) is 0 Å². The van der Waals surface area contributed by atoms with Crippen LogP contribution in [-0.2, 0) is 24.0 Å². The molecule has 14 heteroatoms. The van der Waals surface area contributed by atoms with Crippen LogP contribution in [-0.4, -0.2) is 93.2 Å². The molecule has 9 N–H and O–H groups in total. The maximum Gasteiger partial charge on any atom is 0.327 e. The van der Waals surface area contributed by atoms with E-state index in [1.54, 1.807) is 0 Å². The Labute approximate surface area is 158 Å². The fourth-order valence-corrected chi connectivity index (χ4v) is 1.92. The SMILES string of the molecule is NC(CO)C(=O)NC(CO)C(=O)NC(CC(=O)O)C(=O)NC(CS)C(=O)O. The van der Waals surface area contributed by atoms with Gasteiger partial charge < -0.3 is 42.1 Å². The number of amides is 3. The molecule has 0 saturated carbocycles. The maximum absolute atomic E-state index is 12.1. The van der Waals surface area contributed by atoms with Gasteiger partial charge in [0.15, 0.2) is 0 Å². The molecule has 0 heterocycles. The molecular weight excluding hydrogens is 388 g/mol. The Balaban J connectivity index is 5.16. The van der Waals surface area contributed by atoms with Crippen molar-refractivity contribution in [1.29, 1.82) is 0 Å². The van der Waals surface area contributed by atoms with Crippen LogP contribution in [0.4, 0.5) is 0 Å². The average molecular weight is 410 g/mol. The van der Waals surface area contributed by atoms with Gasteiger partial charge in [-0.25, -0.2) is 4.79 Å². The fraction of sp³-hybridized carbons (Fsp3) is 0.615. The van der Waals surface area contributed by atoms with Crippen molar-refractivity contribution in [3.05, 3.63) is 0 Å². The molecule has 0 rings (SSSR count). The summed E-state index contributed by atoms with van der Waals surface area (Å²) in [6.45, 7) is -1.64. The first-order valence-corrected chi connectivity index (χ1v) is 8.14. The number of aliphatic hydroxyl groups excluding tert-OH is 2. The summed E-state index contributed by atoms with van der Waals surface area (Å²) in [6.07, 6.45) is -0.890. The summed E-state index contributed by atoms with van der Waals surface area (Å²) in [5.41, 5.74) is 5.25. The number of thiol groups is 1. The van der Waals surface area contributed by atoms with E-state index in [1.165, 1.54) is 0 Å². The number of carbonyl (C=O) groups excluding carboxylic acids is 3. The molecule has 13 nitrogen and oxygen atoms in total. The summed E-state index contributed by atoms with van der Waals surface area (Å²) in [5.74, 6) is -6.37. The van der Waals surface area contributed by atoms with E-state index in [9.17, 15) is 29.1 Å². The van der Waals surface area contributed by atoms with Crippen molar-refractivity contribution < 1.29 is 44.4 Å². The summed E-state index contributed by atoms with van der Waals surface area (Å²) in [5, 5.41) is 41.8. The molecule has 27 heavy (non-hydrogen) atoms. The zero-order chi connectivity index (χ0) is 21.1. The van der Waals surface area contributed by atoms with Crippen molar-refractivity contribution in [1.82, 2.24) is 16.0 Å². The second-order valence-corrected chi connectivity index (χ2v) is 5.64. The summed E-state index contributed by atoms with van der Waals surface area (Å²) in [7, 11) is 0. The zero-order valence-corrected chi connectivity index (χ0v) is 14.9. The number of carbonyl (C=O) groups is 5. The molecule has 0 aliphatic rings. The average Bonchev–Trinajstić information content (AvgIpc) is 2.61. The lowest BCUT2D eigenvalue weighted by Crippen LogP contribution is -2.58. The van der Waals surface area contributed by atoms with Crippen LogP contribution in [0.25, 0.3) is 0 Å². The second kappa shape index (κ2) is 12.1. The number of nitrogens with one attached hydrogen (secondary N) is 3. The van der Waals surface area contributed by atoms with Crippen molar-refractivity contribution in [3.8, 4) is 0 Å². The van der Waals surface area contributed by atoms with Gasteiger partial charge in [0.2, 0.25) is 17.7 Å². The first kappa shape index (κ1) is 24.6. The highest BCUT2D eigenvalue weighted by Crippen LogP contribution is 1.98. The standard InChI is InChI=1S/C13H22N4O9S/c14-5(2-18)10(22)16-7(3-19)12(24)15-6(1-9(20)21)11(23)17-8(4-27)13(25)26/h5-8,18-19,27H,1-4,14H2,(H,15,24)(H,16,22)(H,17,23)(H,20,21)(H,25,26). The lowest BCUT2D eigenvalue weighted by molar-refractivity contribution is -0.143. The first-order chi connectivity index (χ1) is 12.6. The predicted molar refractivity (Wildman–Crippen MR) is 91.7 cm³/mol. The Kier molecular flexibility index (Phi) is 11.0. The van der Waals surface area contributed by atoms with Gasteiger partial charge in [-0.1, -0.05) is 0 Å². The van der Waals surface area contributed by atoms with Gasteiger partial charge in [0.05, 0.1) is 19.6 Å². The minimum atomic E-state index is -1.69. The summed E-state index contributed by atoms with van der Waals surface area (Å²) >= 11 is 3.74. The van der Waals surface area contributed by atoms with Crippen LogP contribution < -0.4 is 21.7 Å². The third kappa shape index (κ3) is 8.67. The molecule has 4 atom stereocenters. The number of rotatable bonds is 12. The zero-order valence-electron chi connectivity index (χ0n) is 14.0. The lowest BCUT2D eigenvalue weighted by atomic mass is 10.1. The van der Waals surface area contributed by atoms with E-state index in [0.29, 0.717) is 0 Å². The van der Waals surface area contributed by atoms with Crippen LogP contribution in [0, 0.1) is 0 Å². The van der Waals surface area contributed by atoms with E-state index in [1.807, 2.05) is 16.0 Å². The molecule has 0 saturated heterocycles. The molecule has 3 amide bonds. The number of carboxylic acid groups (broad SMARTS) is 2. The molecule has 0 aromatic rings. The summed E-state index contributed by atoms with van der Waals surface area (Å²) < 4.78 is 0. The largest absolute Gasteiger partial charge is 0.481 e. The molecule has 154 valence electrons. The van der Waals surface area contributed by atoms with Crippen molar-refractivity contribution in [3.63, 3.8) is 0 Å². The Morgan fingerprint density at radius 3 is 1.70 bits per heavy atom.